The van der Waals surface area contributed by atoms with Gasteiger partial charge in [-0.2, -0.15) is 0 Å². The third-order valence-electron chi connectivity index (χ3n) is 5.74. The van der Waals surface area contributed by atoms with E-state index >= 15 is 0 Å². The second-order valence-corrected chi connectivity index (χ2v) is 7.68. The summed E-state index contributed by atoms with van der Waals surface area (Å²) in [6, 6.07) is 10.8. The van der Waals surface area contributed by atoms with Crippen molar-refractivity contribution < 1.29 is 5.11 Å². The molecule has 0 spiro atoms. The van der Waals surface area contributed by atoms with Crippen molar-refractivity contribution in [3.8, 4) is 0 Å². The normalized spacial score (nSPS) is 22.1. The molecule has 25 heavy (non-hydrogen) atoms. The van der Waals surface area contributed by atoms with Crippen LogP contribution in [-0.2, 0) is 19.3 Å². The first-order chi connectivity index (χ1) is 12.2. The van der Waals surface area contributed by atoms with Gasteiger partial charge in [0, 0.05) is 31.4 Å². The summed E-state index contributed by atoms with van der Waals surface area (Å²) in [4.78, 5) is 7.26. The number of hydrogen-bond donors (Lipinski definition) is 1. The van der Waals surface area contributed by atoms with Crippen LogP contribution in [-0.4, -0.2) is 45.3 Å². The van der Waals surface area contributed by atoms with Gasteiger partial charge in [-0.3, -0.25) is 4.90 Å². The van der Waals surface area contributed by atoms with Crippen LogP contribution in [0.1, 0.15) is 48.1 Å². The number of β-amino-alcohol motifs (C(OH)–C–C–N with tert-alkyl or cyclic N) is 1. The zero-order valence-corrected chi connectivity index (χ0v) is 15.2. The predicted octanol–water partition coefficient (Wildman–Crippen LogP) is 2.92. The van der Waals surface area contributed by atoms with Crippen LogP contribution in [0.2, 0.25) is 0 Å². The maximum atomic E-state index is 10.5. The third-order valence-corrected chi connectivity index (χ3v) is 5.74. The number of aliphatic hydroxyl groups excluding tert-OH is 1. The Morgan fingerprint density at radius 3 is 2.84 bits per heavy atom. The van der Waals surface area contributed by atoms with Crippen LogP contribution < -0.4 is 0 Å². The molecule has 1 fully saturated rings. The minimum atomic E-state index is -0.293. The zero-order valence-electron chi connectivity index (χ0n) is 15.2. The quantitative estimate of drug-likeness (QED) is 0.911. The molecule has 1 N–H and O–H groups in total. The lowest BCUT2D eigenvalue weighted by molar-refractivity contribution is 0.123. The van der Waals surface area contributed by atoms with E-state index in [1.807, 2.05) is 18.2 Å². The fourth-order valence-corrected chi connectivity index (χ4v) is 4.62. The van der Waals surface area contributed by atoms with E-state index in [1.54, 1.807) is 0 Å². The van der Waals surface area contributed by atoms with Crippen molar-refractivity contribution in [3.63, 3.8) is 0 Å². The molecule has 0 bridgehead atoms. The van der Waals surface area contributed by atoms with E-state index in [4.69, 9.17) is 4.98 Å². The molecule has 0 saturated carbocycles. The van der Waals surface area contributed by atoms with Crippen LogP contribution in [0.4, 0.5) is 0 Å². The van der Waals surface area contributed by atoms with Crippen LogP contribution in [0.15, 0.2) is 30.3 Å². The average molecular weight is 339 g/mol. The minimum absolute atomic E-state index is 0.293. The van der Waals surface area contributed by atoms with E-state index in [2.05, 4.69) is 28.5 Å². The number of benzene rings is 1. The van der Waals surface area contributed by atoms with Gasteiger partial charge < -0.3 is 9.67 Å². The molecule has 1 aliphatic carbocycles. The number of imidazole rings is 1. The topological polar surface area (TPSA) is 41.3 Å². The largest absolute Gasteiger partial charge is 0.391 e. The van der Waals surface area contributed by atoms with Gasteiger partial charge in [0.05, 0.1) is 11.8 Å². The van der Waals surface area contributed by atoms with E-state index in [9.17, 15) is 5.11 Å². The predicted molar refractivity (Wildman–Crippen MR) is 99.9 cm³/mol. The summed E-state index contributed by atoms with van der Waals surface area (Å²) in [5.41, 5.74) is 4.04. The van der Waals surface area contributed by atoms with E-state index in [-0.39, 0.29) is 6.10 Å². The number of nitrogens with zero attached hydrogens (tertiary/aromatic N) is 3. The lowest BCUT2D eigenvalue weighted by Crippen LogP contribution is -2.32. The number of aliphatic hydroxyl groups is 1. The number of aromatic nitrogens is 2. The van der Waals surface area contributed by atoms with Crippen LogP contribution >= 0.6 is 0 Å². The number of hydrogen-bond acceptors (Lipinski definition) is 3. The highest BCUT2D eigenvalue weighted by molar-refractivity contribution is 5.21. The highest BCUT2D eigenvalue weighted by Crippen LogP contribution is 2.30. The number of rotatable bonds is 5. The molecule has 0 radical (unpaired) electrons. The van der Waals surface area contributed by atoms with E-state index in [0.717, 1.165) is 32.5 Å². The second kappa shape index (κ2) is 7.30. The maximum absolute atomic E-state index is 10.5. The van der Waals surface area contributed by atoms with Gasteiger partial charge >= 0.3 is 0 Å². The molecule has 2 heterocycles. The molecular formula is C21H29N3O. The molecule has 2 aliphatic rings. The highest BCUT2D eigenvalue weighted by atomic mass is 16.3. The number of likely N-dealkylation sites (tertiary alicyclic amines) is 1. The van der Waals surface area contributed by atoms with Crippen molar-refractivity contribution in [2.75, 3.05) is 19.6 Å². The lowest BCUT2D eigenvalue weighted by atomic mass is 10.0. The van der Waals surface area contributed by atoms with Gasteiger partial charge in [-0.1, -0.05) is 30.3 Å². The Labute approximate surface area is 150 Å². The average Bonchev–Trinajstić information content (AvgIpc) is 3.18. The highest BCUT2D eigenvalue weighted by Gasteiger charge is 2.29. The van der Waals surface area contributed by atoms with Crippen LogP contribution in [0, 0.1) is 6.92 Å². The van der Waals surface area contributed by atoms with Gasteiger partial charge in [-0.25, -0.2) is 4.98 Å². The van der Waals surface area contributed by atoms with Crippen molar-refractivity contribution in [2.45, 2.75) is 57.6 Å². The summed E-state index contributed by atoms with van der Waals surface area (Å²) in [6.45, 7) is 5.03. The van der Waals surface area contributed by atoms with Gasteiger partial charge in [-0.15, -0.1) is 0 Å². The van der Waals surface area contributed by atoms with Crippen molar-refractivity contribution >= 4 is 0 Å². The monoisotopic (exact) mass is 339 g/mol. The summed E-state index contributed by atoms with van der Waals surface area (Å²) in [6.07, 6.45) is 6.53. The van der Waals surface area contributed by atoms with Crippen molar-refractivity contribution in [2.24, 2.45) is 0 Å². The van der Waals surface area contributed by atoms with Crippen molar-refractivity contribution in [1.29, 1.82) is 0 Å². The molecule has 1 aromatic carbocycles. The number of fused-ring (bicyclic) bond motifs is 1. The first-order valence-corrected chi connectivity index (χ1v) is 9.71. The Hall–Kier alpha value is -1.65. The van der Waals surface area contributed by atoms with Crippen LogP contribution in [0.3, 0.4) is 0 Å². The molecule has 1 aromatic heterocycles. The van der Waals surface area contributed by atoms with E-state index in [1.165, 1.54) is 48.5 Å². The molecule has 4 rings (SSSR count). The molecule has 4 heteroatoms. The summed E-state index contributed by atoms with van der Waals surface area (Å²) >= 11 is 0. The molecule has 0 amide bonds. The SMILES string of the molecule is Cc1nc2c(n1[C@H]1CCN(C[C@H](O)Cc3ccccc3)C1)CCCC2. The molecule has 0 unspecified atom stereocenters. The Kier molecular flexibility index (Phi) is 4.91. The summed E-state index contributed by atoms with van der Waals surface area (Å²) in [5, 5.41) is 10.5. The van der Waals surface area contributed by atoms with Gasteiger partial charge in [-0.05, 0) is 51.0 Å². The van der Waals surface area contributed by atoms with Gasteiger partial charge in [0.2, 0.25) is 0 Å². The molecule has 134 valence electrons. The fraction of sp³-hybridized carbons (Fsp3) is 0.571. The Morgan fingerprint density at radius 2 is 2.00 bits per heavy atom. The minimum Gasteiger partial charge on any atom is -0.391 e. The zero-order chi connectivity index (χ0) is 17.2. The molecule has 2 aromatic rings. The first kappa shape index (κ1) is 16.8. The standard InChI is InChI=1S/C21H29N3O/c1-16-22-20-9-5-6-10-21(20)24(16)18-11-12-23(14-18)15-19(25)13-17-7-3-2-4-8-17/h2-4,7-8,18-19,25H,5-6,9-15H2,1H3/t18-,19+/m0/s1. The Bertz CT molecular complexity index is 709. The maximum Gasteiger partial charge on any atom is 0.106 e. The number of aryl methyl sites for hydroxylation is 2. The van der Waals surface area contributed by atoms with Gasteiger partial charge in [0.25, 0.3) is 0 Å². The lowest BCUT2D eigenvalue weighted by Gasteiger charge is -2.22. The fourth-order valence-electron chi connectivity index (χ4n) is 4.62. The third kappa shape index (κ3) is 3.65. The van der Waals surface area contributed by atoms with Crippen LogP contribution in [0.25, 0.3) is 0 Å². The second-order valence-electron chi connectivity index (χ2n) is 7.68. The van der Waals surface area contributed by atoms with Gasteiger partial charge in [0.1, 0.15) is 5.82 Å². The van der Waals surface area contributed by atoms with Gasteiger partial charge in [0.15, 0.2) is 0 Å². The Morgan fingerprint density at radius 1 is 1.20 bits per heavy atom. The summed E-state index contributed by atoms with van der Waals surface area (Å²) < 4.78 is 2.51. The van der Waals surface area contributed by atoms with E-state index in [0.29, 0.717) is 6.04 Å². The van der Waals surface area contributed by atoms with E-state index < -0.39 is 0 Å². The van der Waals surface area contributed by atoms with Crippen LogP contribution in [0.5, 0.6) is 0 Å². The molecule has 4 nitrogen and oxygen atoms in total. The summed E-state index contributed by atoms with van der Waals surface area (Å²) in [7, 11) is 0. The smallest absolute Gasteiger partial charge is 0.106 e. The summed E-state index contributed by atoms with van der Waals surface area (Å²) in [5.74, 6) is 1.18. The van der Waals surface area contributed by atoms with Crippen molar-refractivity contribution in [3.05, 3.63) is 53.1 Å². The molecular weight excluding hydrogens is 310 g/mol. The Balaban J connectivity index is 1.38. The molecule has 1 aliphatic heterocycles. The molecule has 2 atom stereocenters. The first-order valence-electron chi connectivity index (χ1n) is 9.71. The van der Waals surface area contributed by atoms with Crippen molar-refractivity contribution in [1.82, 2.24) is 14.5 Å². The molecule has 1 saturated heterocycles.